The van der Waals surface area contributed by atoms with E-state index in [9.17, 15) is 4.79 Å². The van der Waals surface area contributed by atoms with Crippen molar-refractivity contribution in [1.82, 2.24) is 0 Å². The lowest BCUT2D eigenvalue weighted by molar-refractivity contribution is 0.102. The quantitative estimate of drug-likeness (QED) is 0.640. The van der Waals surface area contributed by atoms with Crippen LogP contribution in [-0.4, -0.2) is 20.1 Å². The zero-order chi connectivity index (χ0) is 19.9. The molecular formula is C23H23NO4. The number of hydrogen-bond acceptors (Lipinski definition) is 4. The first-order chi connectivity index (χ1) is 13.6. The molecule has 0 spiro atoms. The fourth-order valence-corrected chi connectivity index (χ4v) is 2.83. The van der Waals surface area contributed by atoms with Gasteiger partial charge in [0.15, 0.2) is 0 Å². The van der Waals surface area contributed by atoms with Gasteiger partial charge in [-0.1, -0.05) is 42.0 Å². The monoisotopic (exact) mass is 377 g/mol. The molecule has 1 N–H and O–H groups in total. The van der Waals surface area contributed by atoms with Gasteiger partial charge in [-0.3, -0.25) is 4.79 Å². The summed E-state index contributed by atoms with van der Waals surface area (Å²) in [5.41, 5.74) is 3.22. The largest absolute Gasteiger partial charge is 0.497 e. The standard InChI is InChI=1S/C23H23NO4/c1-16-7-6-8-17(13-16)15-28-21-10-5-4-9-19(21)23(25)24-20-12-11-18(26-2)14-22(20)27-3/h4-14H,15H2,1-3H3,(H,24,25). The Hall–Kier alpha value is -3.47. The van der Waals surface area contributed by atoms with Gasteiger partial charge in [0.25, 0.3) is 5.91 Å². The van der Waals surface area contributed by atoms with Crippen LogP contribution >= 0.6 is 0 Å². The fourth-order valence-electron chi connectivity index (χ4n) is 2.83. The van der Waals surface area contributed by atoms with Crippen LogP contribution in [0.1, 0.15) is 21.5 Å². The molecule has 0 bridgehead atoms. The number of benzene rings is 3. The van der Waals surface area contributed by atoms with E-state index in [1.165, 1.54) is 5.56 Å². The molecule has 5 nitrogen and oxygen atoms in total. The van der Waals surface area contributed by atoms with Gasteiger partial charge in [-0.15, -0.1) is 0 Å². The highest BCUT2D eigenvalue weighted by Crippen LogP contribution is 2.30. The molecule has 0 aliphatic carbocycles. The predicted molar refractivity (Wildman–Crippen MR) is 109 cm³/mol. The Morgan fingerprint density at radius 2 is 1.71 bits per heavy atom. The number of nitrogens with one attached hydrogen (secondary N) is 1. The summed E-state index contributed by atoms with van der Waals surface area (Å²) in [6, 6.07) is 20.5. The molecule has 0 aromatic heterocycles. The maximum absolute atomic E-state index is 12.8. The third-order valence-corrected chi connectivity index (χ3v) is 4.27. The van der Waals surface area contributed by atoms with Gasteiger partial charge in [-0.2, -0.15) is 0 Å². The first kappa shape index (κ1) is 19.3. The van der Waals surface area contributed by atoms with Crippen molar-refractivity contribution >= 4 is 11.6 Å². The number of para-hydroxylation sites is 1. The number of carbonyl (C=O) groups is 1. The van der Waals surface area contributed by atoms with Gasteiger partial charge in [-0.05, 0) is 36.8 Å². The van der Waals surface area contributed by atoms with Gasteiger partial charge in [-0.25, -0.2) is 0 Å². The molecule has 0 saturated carbocycles. The second-order valence-corrected chi connectivity index (χ2v) is 6.29. The third-order valence-electron chi connectivity index (χ3n) is 4.27. The summed E-state index contributed by atoms with van der Waals surface area (Å²) in [5, 5.41) is 2.88. The molecule has 3 aromatic carbocycles. The first-order valence-corrected chi connectivity index (χ1v) is 8.91. The summed E-state index contributed by atoms with van der Waals surface area (Å²) in [5.74, 6) is 1.42. The summed E-state index contributed by atoms with van der Waals surface area (Å²) in [4.78, 5) is 12.8. The van der Waals surface area contributed by atoms with E-state index in [4.69, 9.17) is 14.2 Å². The van der Waals surface area contributed by atoms with E-state index >= 15 is 0 Å². The number of hydrogen-bond donors (Lipinski definition) is 1. The van der Waals surface area contributed by atoms with Crippen molar-refractivity contribution in [1.29, 1.82) is 0 Å². The number of amides is 1. The highest BCUT2D eigenvalue weighted by atomic mass is 16.5. The number of methoxy groups -OCH3 is 2. The van der Waals surface area contributed by atoms with E-state index in [1.54, 1.807) is 50.6 Å². The van der Waals surface area contributed by atoms with E-state index in [0.29, 0.717) is 35.1 Å². The van der Waals surface area contributed by atoms with Crippen LogP contribution in [0.15, 0.2) is 66.7 Å². The van der Waals surface area contributed by atoms with Crippen LogP contribution in [0.2, 0.25) is 0 Å². The van der Waals surface area contributed by atoms with Gasteiger partial charge in [0, 0.05) is 6.07 Å². The number of anilines is 1. The minimum Gasteiger partial charge on any atom is -0.497 e. The highest BCUT2D eigenvalue weighted by molar-refractivity contribution is 6.06. The van der Waals surface area contributed by atoms with Gasteiger partial charge >= 0.3 is 0 Å². The first-order valence-electron chi connectivity index (χ1n) is 8.91. The topological polar surface area (TPSA) is 56.8 Å². The molecule has 1 amide bonds. The smallest absolute Gasteiger partial charge is 0.259 e. The van der Waals surface area contributed by atoms with Gasteiger partial charge < -0.3 is 19.5 Å². The summed E-state index contributed by atoms with van der Waals surface area (Å²) in [7, 11) is 3.12. The lowest BCUT2D eigenvalue weighted by Crippen LogP contribution is -2.14. The predicted octanol–water partition coefficient (Wildman–Crippen LogP) is 4.84. The number of carbonyl (C=O) groups excluding carboxylic acids is 1. The Morgan fingerprint density at radius 1 is 0.893 bits per heavy atom. The van der Waals surface area contributed by atoms with Crippen molar-refractivity contribution in [2.24, 2.45) is 0 Å². The molecule has 0 aliphatic heterocycles. The van der Waals surface area contributed by atoms with Crippen molar-refractivity contribution < 1.29 is 19.0 Å². The second kappa shape index (κ2) is 8.95. The molecule has 144 valence electrons. The average molecular weight is 377 g/mol. The molecule has 28 heavy (non-hydrogen) atoms. The summed E-state index contributed by atoms with van der Waals surface area (Å²) < 4.78 is 16.5. The Bertz CT molecular complexity index is 968. The van der Waals surface area contributed by atoms with Crippen molar-refractivity contribution in [3.63, 3.8) is 0 Å². The zero-order valence-electron chi connectivity index (χ0n) is 16.2. The SMILES string of the molecule is COc1ccc(NC(=O)c2ccccc2OCc2cccc(C)c2)c(OC)c1. The molecule has 0 radical (unpaired) electrons. The molecule has 0 heterocycles. The van der Waals surface area contributed by atoms with Crippen molar-refractivity contribution in [3.05, 3.63) is 83.4 Å². The van der Waals surface area contributed by atoms with Crippen LogP contribution in [0.4, 0.5) is 5.69 Å². The lowest BCUT2D eigenvalue weighted by atomic mass is 10.1. The van der Waals surface area contributed by atoms with Crippen LogP contribution in [0.5, 0.6) is 17.2 Å². The van der Waals surface area contributed by atoms with Crippen molar-refractivity contribution in [2.45, 2.75) is 13.5 Å². The maximum Gasteiger partial charge on any atom is 0.259 e. The molecular weight excluding hydrogens is 354 g/mol. The third kappa shape index (κ3) is 4.62. The van der Waals surface area contributed by atoms with E-state index in [1.807, 2.05) is 31.2 Å². The molecule has 5 heteroatoms. The molecule has 0 atom stereocenters. The summed E-state index contributed by atoms with van der Waals surface area (Å²) in [6.45, 7) is 2.42. The van der Waals surface area contributed by atoms with E-state index in [2.05, 4.69) is 11.4 Å². The molecule has 0 fully saturated rings. The van der Waals surface area contributed by atoms with Crippen LogP contribution < -0.4 is 19.5 Å². The molecule has 3 aromatic rings. The number of rotatable bonds is 7. The highest BCUT2D eigenvalue weighted by Gasteiger charge is 2.15. The Kier molecular flexibility index (Phi) is 6.17. The minimum atomic E-state index is -0.275. The number of aryl methyl sites for hydroxylation is 1. The van der Waals surface area contributed by atoms with Gasteiger partial charge in [0.1, 0.15) is 23.9 Å². The lowest BCUT2D eigenvalue weighted by Gasteiger charge is -2.14. The van der Waals surface area contributed by atoms with E-state index in [0.717, 1.165) is 5.56 Å². The Morgan fingerprint density at radius 3 is 2.46 bits per heavy atom. The fraction of sp³-hybridized carbons (Fsp3) is 0.174. The van der Waals surface area contributed by atoms with Crippen LogP contribution in [-0.2, 0) is 6.61 Å². The molecule has 3 rings (SSSR count). The summed E-state index contributed by atoms with van der Waals surface area (Å²) in [6.07, 6.45) is 0. The minimum absolute atomic E-state index is 0.275. The molecule has 0 saturated heterocycles. The van der Waals surface area contributed by atoms with Gasteiger partial charge in [0.2, 0.25) is 0 Å². The second-order valence-electron chi connectivity index (χ2n) is 6.29. The number of ether oxygens (including phenoxy) is 3. The van der Waals surface area contributed by atoms with Crippen molar-refractivity contribution in [2.75, 3.05) is 19.5 Å². The van der Waals surface area contributed by atoms with E-state index < -0.39 is 0 Å². The van der Waals surface area contributed by atoms with Crippen LogP contribution in [0.3, 0.4) is 0 Å². The normalized spacial score (nSPS) is 10.2. The maximum atomic E-state index is 12.8. The average Bonchev–Trinajstić information content (AvgIpc) is 2.72. The summed E-state index contributed by atoms with van der Waals surface area (Å²) >= 11 is 0. The van der Waals surface area contributed by atoms with E-state index in [-0.39, 0.29) is 5.91 Å². The van der Waals surface area contributed by atoms with Crippen LogP contribution in [0.25, 0.3) is 0 Å². The zero-order valence-corrected chi connectivity index (χ0v) is 16.2. The van der Waals surface area contributed by atoms with Crippen molar-refractivity contribution in [3.8, 4) is 17.2 Å². The van der Waals surface area contributed by atoms with Gasteiger partial charge in [0.05, 0.1) is 25.5 Å². The molecule has 0 aliphatic rings. The van der Waals surface area contributed by atoms with Crippen LogP contribution in [0, 0.1) is 6.92 Å². The molecule has 0 unspecified atom stereocenters. The Labute approximate surface area is 164 Å². The Balaban J connectivity index is 1.77.